The summed E-state index contributed by atoms with van der Waals surface area (Å²) in [5.41, 5.74) is 0.526. The third kappa shape index (κ3) is 5.35. The Morgan fingerprint density at radius 3 is 2.47 bits per heavy atom. The summed E-state index contributed by atoms with van der Waals surface area (Å²) in [5.74, 6) is -2.87. The molecule has 0 bridgehead atoms. The van der Waals surface area contributed by atoms with Gasteiger partial charge in [0, 0.05) is 50.9 Å². The highest BCUT2D eigenvalue weighted by Gasteiger charge is 2.22. The number of nitrogens with zero attached hydrogens (tertiary/aromatic N) is 3. The van der Waals surface area contributed by atoms with Crippen molar-refractivity contribution in [2.45, 2.75) is 6.54 Å². The molecule has 1 saturated heterocycles. The van der Waals surface area contributed by atoms with Crippen LogP contribution in [0.3, 0.4) is 0 Å². The van der Waals surface area contributed by atoms with Gasteiger partial charge in [0.2, 0.25) is 5.91 Å². The minimum Gasteiger partial charge on any atom is -0.343 e. The summed E-state index contributed by atoms with van der Waals surface area (Å²) >= 11 is 0. The van der Waals surface area contributed by atoms with Gasteiger partial charge in [0.05, 0.1) is 17.0 Å². The predicted molar refractivity (Wildman–Crippen MR) is 104 cm³/mol. The molecule has 3 rings (SSSR count). The lowest BCUT2D eigenvalue weighted by Crippen LogP contribution is -2.50. The van der Waals surface area contributed by atoms with E-state index in [1.807, 2.05) is 6.07 Å². The number of hydrogen-bond acceptors (Lipinski definition) is 5. The van der Waals surface area contributed by atoms with Crippen LogP contribution in [0.15, 0.2) is 42.5 Å². The van der Waals surface area contributed by atoms with Gasteiger partial charge in [0.25, 0.3) is 11.6 Å². The van der Waals surface area contributed by atoms with Gasteiger partial charge in [-0.3, -0.25) is 24.6 Å². The zero-order valence-electron chi connectivity index (χ0n) is 16.0. The lowest BCUT2D eigenvalue weighted by Gasteiger charge is -2.34. The summed E-state index contributed by atoms with van der Waals surface area (Å²) in [4.78, 5) is 38.4. The van der Waals surface area contributed by atoms with E-state index in [1.165, 1.54) is 12.1 Å². The Morgan fingerprint density at radius 2 is 1.80 bits per heavy atom. The second kappa shape index (κ2) is 9.40. The highest BCUT2D eigenvalue weighted by Crippen LogP contribution is 2.16. The zero-order chi connectivity index (χ0) is 21.7. The summed E-state index contributed by atoms with van der Waals surface area (Å²) in [7, 11) is 0. The number of carbonyl (C=O) groups is 2. The van der Waals surface area contributed by atoms with Gasteiger partial charge >= 0.3 is 0 Å². The second-order valence-electron chi connectivity index (χ2n) is 6.89. The first-order valence-electron chi connectivity index (χ1n) is 9.30. The van der Waals surface area contributed by atoms with Crippen molar-refractivity contribution >= 4 is 17.5 Å². The lowest BCUT2D eigenvalue weighted by molar-refractivity contribution is -0.384. The van der Waals surface area contributed by atoms with Crippen LogP contribution in [0.25, 0.3) is 0 Å². The maximum absolute atomic E-state index is 13.6. The molecule has 0 aromatic heterocycles. The van der Waals surface area contributed by atoms with E-state index in [0.29, 0.717) is 38.8 Å². The third-order valence-electron chi connectivity index (χ3n) is 4.83. The number of piperazine rings is 1. The molecule has 0 radical (unpaired) electrons. The first-order valence-corrected chi connectivity index (χ1v) is 9.30. The molecule has 0 spiro atoms. The number of hydrogen-bond donors (Lipinski definition) is 1. The van der Waals surface area contributed by atoms with Crippen LogP contribution in [-0.2, 0) is 11.3 Å². The number of halogens is 2. The van der Waals surface area contributed by atoms with Crippen molar-refractivity contribution in [3.05, 3.63) is 75.3 Å². The van der Waals surface area contributed by atoms with Crippen molar-refractivity contribution < 1.29 is 23.3 Å². The van der Waals surface area contributed by atoms with Gasteiger partial charge < -0.3 is 10.2 Å². The summed E-state index contributed by atoms with van der Waals surface area (Å²) in [6.07, 6.45) is 0. The maximum Gasteiger partial charge on any atom is 0.269 e. The van der Waals surface area contributed by atoms with Crippen LogP contribution in [0.4, 0.5) is 14.5 Å². The van der Waals surface area contributed by atoms with Gasteiger partial charge in [0.15, 0.2) is 0 Å². The molecule has 1 aliphatic heterocycles. The minimum absolute atomic E-state index is 0.0367. The van der Waals surface area contributed by atoms with Crippen molar-refractivity contribution in [3.8, 4) is 0 Å². The SMILES string of the molecule is O=C(NCC(=O)N1CCN(Cc2cccc([N+](=O)[O-])c2)CC1)c1ccc(F)cc1F. The quantitative estimate of drug-likeness (QED) is 0.572. The first kappa shape index (κ1) is 21.3. The standard InChI is InChI=1S/C20H20F2N4O4/c21-15-4-5-17(18(22)11-15)20(28)23-12-19(27)25-8-6-24(7-9-25)13-14-2-1-3-16(10-14)26(29)30/h1-5,10-11H,6-9,12-13H2,(H,23,28). The summed E-state index contributed by atoms with van der Waals surface area (Å²) in [6.45, 7) is 2.28. The van der Waals surface area contributed by atoms with E-state index < -0.39 is 22.5 Å². The molecule has 1 heterocycles. The second-order valence-corrected chi connectivity index (χ2v) is 6.89. The fraction of sp³-hybridized carbons (Fsp3) is 0.300. The summed E-state index contributed by atoms with van der Waals surface area (Å²) < 4.78 is 26.6. The van der Waals surface area contributed by atoms with Crippen LogP contribution in [0.1, 0.15) is 15.9 Å². The molecule has 30 heavy (non-hydrogen) atoms. The zero-order valence-corrected chi connectivity index (χ0v) is 16.0. The van der Waals surface area contributed by atoms with Crippen LogP contribution in [0.2, 0.25) is 0 Å². The molecular weight excluding hydrogens is 398 g/mol. The molecule has 1 fully saturated rings. The van der Waals surface area contributed by atoms with Crippen molar-refractivity contribution in [2.24, 2.45) is 0 Å². The molecular formula is C20H20F2N4O4. The number of benzene rings is 2. The largest absolute Gasteiger partial charge is 0.343 e. The highest BCUT2D eigenvalue weighted by molar-refractivity contribution is 5.96. The van der Waals surface area contributed by atoms with Crippen LogP contribution in [0, 0.1) is 21.7 Å². The Morgan fingerprint density at radius 1 is 1.07 bits per heavy atom. The van der Waals surface area contributed by atoms with Crippen molar-refractivity contribution in [2.75, 3.05) is 32.7 Å². The van der Waals surface area contributed by atoms with Crippen LogP contribution in [0.5, 0.6) is 0 Å². The molecule has 2 amide bonds. The van der Waals surface area contributed by atoms with Crippen molar-refractivity contribution in [1.29, 1.82) is 0 Å². The van der Waals surface area contributed by atoms with Crippen LogP contribution < -0.4 is 5.32 Å². The molecule has 1 N–H and O–H groups in total. The third-order valence-corrected chi connectivity index (χ3v) is 4.83. The molecule has 0 aliphatic carbocycles. The number of nitrogens with one attached hydrogen (secondary N) is 1. The van der Waals surface area contributed by atoms with Crippen LogP contribution in [-0.4, -0.2) is 59.3 Å². The van der Waals surface area contributed by atoms with E-state index in [1.54, 1.807) is 11.0 Å². The first-order chi connectivity index (χ1) is 14.3. The van der Waals surface area contributed by atoms with Gasteiger partial charge in [-0.05, 0) is 17.7 Å². The normalized spacial score (nSPS) is 14.4. The van der Waals surface area contributed by atoms with Crippen molar-refractivity contribution in [1.82, 2.24) is 15.1 Å². The molecule has 10 heteroatoms. The number of non-ortho nitro benzene ring substituents is 1. The van der Waals surface area contributed by atoms with Gasteiger partial charge in [-0.1, -0.05) is 12.1 Å². The smallest absolute Gasteiger partial charge is 0.269 e. The topological polar surface area (TPSA) is 95.8 Å². The van der Waals surface area contributed by atoms with Gasteiger partial charge in [-0.2, -0.15) is 0 Å². The molecule has 2 aromatic carbocycles. The lowest BCUT2D eigenvalue weighted by atomic mass is 10.1. The Bertz CT molecular complexity index is 962. The van der Waals surface area contributed by atoms with Gasteiger partial charge in [-0.15, -0.1) is 0 Å². The molecule has 0 atom stereocenters. The van der Waals surface area contributed by atoms with E-state index in [2.05, 4.69) is 10.2 Å². The predicted octanol–water partition coefficient (Wildman–Crippen LogP) is 1.95. The summed E-state index contributed by atoms with van der Waals surface area (Å²) in [5, 5.41) is 13.2. The van der Waals surface area contributed by atoms with E-state index in [9.17, 15) is 28.5 Å². The van der Waals surface area contributed by atoms with Gasteiger partial charge in [-0.25, -0.2) is 8.78 Å². The average molecular weight is 418 g/mol. The molecule has 0 saturated carbocycles. The fourth-order valence-electron chi connectivity index (χ4n) is 3.22. The molecule has 158 valence electrons. The van der Waals surface area contributed by atoms with Crippen LogP contribution >= 0.6 is 0 Å². The number of rotatable bonds is 6. The number of amides is 2. The monoisotopic (exact) mass is 418 g/mol. The van der Waals surface area contributed by atoms with E-state index >= 15 is 0 Å². The van der Waals surface area contributed by atoms with E-state index in [4.69, 9.17) is 0 Å². The van der Waals surface area contributed by atoms with Crippen molar-refractivity contribution in [3.63, 3.8) is 0 Å². The number of carbonyl (C=O) groups excluding carboxylic acids is 2. The van der Waals surface area contributed by atoms with E-state index in [-0.39, 0.29) is 23.7 Å². The average Bonchev–Trinajstić information content (AvgIpc) is 2.72. The Labute approximate surface area is 171 Å². The van der Waals surface area contributed by atoms with E-state index in [0.717, 1.165) is 17.7 Å². The number of nitro groups is 1. The Kier molecular flexibility index (Phi) is 6.68. The fourth-order valence-corrected chi connectivity index (χ4v) is 3.22. The molecule has 2 aromatic rings. The van der Waals surface area contributed by atoms with Gasteiger partial charge in [0.1, 0.15) is 11.6 Å². The number of nitro benzene ring substituents is 1. The minimum atomic E-state index is -0.991. The summed E-state index contributed by atoms with van der Waals surface area (Å²) in [6, 6.07) is 9.03. The molecule has 8 nitrogen and oxygen atoms in total. The highest BCUT2D eigenvalue weighted by atomic mass is 19.1. The Hall–Kier alpha value is -3.40. The Balaban J connectivity index is 1.46. The maximum atomic E-state index is 13.6. The molecule has 0 unspecified atom stereocenters. The molecule has 1 aliphatic rings.